The summed E-state index contributed by atoms with van der Waals surface area (Å²) in [5.74, 6) is -1.96. The number of imide groups is 1. The standard InChI is InChI=1S/C14H28N2O4S.ClH/c1-5-7-11(8-6-2)21(19,20)9-12(15)14(18)16-13(17)10(3)4;/h10-12H,5-9,15H2,1-4H3,(H,16,17,18);1H/t12-;/m1./s1. The zero-order valence-corrected chi connectivity index (χ0v) is 15.4. The molecule has 0 unspecified atom stereocenters. The van der Waals surface area contributed by atoms with Crippen molar-refractivity contribution in [2.75, 3.05) is 5.75 Å². The molecule has 0 spiro atoms. The molecule has 0 aliphatic rings. The Bertz CT molecular complexity index is 446. The Labute approximate surface area is 139 Å². The molecule has 0 fully saturated rings. The summed E-state index contributed by atoms with van der Waals surface area (Å²) in [6.07, 6.45) is 2.65. The quantitative estimate of drug-likeness (QED) is 0.649. The molecule has 0 aliphatic heterocycles. The van der Waals surface area contributed by atoms with Gasteiger partial charge in [-0.2, -0.15) is 0 Å². The minimum absolute atomic E-state index is 0. The van der Waals surface area contributed by atoms with Crippen molar-refractivity contribution in [3.05, 3.63) is 0 Å². The first-order valence-corrected chi connectivity index (χ1v) is 9.19. The Kier molecular flexibility index (Phi) is 11.8. The SMILES string of the molecule is CCCC(CCC)S(=O)(=O)C[C@@H](N)C(=O)NC(=O)C(C)C.Cl. The van der Waals surface area contributed by atoms with Crippen LogP contribution in [0.1, 0.15) is 53.4 Å². The van der Waals surface area contributed by atoms with Crippen LogP contribution in [-0.2, 0) is 19.4 Å². The maximum Gasteiger partial charge on any atom is 0.244 e. The topological polar surface area (TPSA) is 106 Å². The fraction of sp³-hybridized carbons (Fsp3) is 0.857. The minimum atomic E-state index is -3.44. The molecule has 0 aliphatic carbocycles. The van der Waals surface area contributed by atoms with Gasteiger partial charge in [0.05, 0.1) is 17.0 Å². The lowest BCUT2D eigenvalue weighted by Crippen LogP contribution is -2.49. The molecule has 132 valence electrons. The number of hydrogen-bond donors (Lipinski definition) is 2. The van der Waals surface area contributed by atoms with E-state index >= 15 is 0 Å². The second kappa shape index (κ2) is 11.0. The number of halogens is 1. The number of nitrogens with two attached hydrogens (primary N) is 1. The molecule has 22 heavy (non-hydrogen) atoms. The minimum Gasteiger partial charge on any atom is -0.319 e. The van der Waals surface area contributed by atoms with Gasteiger partial charge < -0.3 is 5.73 Å². The molecule has 8 heteroatoms. The molecule has 0 aromatic carbocycles. The second-order valence-electron chi connectivity index (χ2n) is 5.64. The molecule has 0 bridgehead atoms. The van der Waals surface area contributed by atoms with Crippen LogP contribution < -0.4 is 11.1 Å². The van der Waals surface area contributed by atoms with Crippen molar-refractivity contribution in [1.82, 2.24) is 5.32 Å². The van der Waals surface area contributed by atoms with Crippen molar-refractivity contribution in [3.8, 4) is 0 Å². The number of rotatable bonds is 9. The van der Waals surface area contributed by atoms with Crippen LogP contribution in [0.15, 0.2) is 0 Å². The third-order valence-electron chi connectivity index (χ3n) is 3.25. The van der Waals surface area contributed by atoms with Gasteiger partial charge in [0, 0.05) is 5.92 Å². The van der Waals surface area contributed by atoms with E-state index in [1.54, 1.807) is 13.8 Å². The molecular formula is C14H29ClN2O4S. The largest absolute Gasteiger partial charge is 0.319 e. The number of amides is 2. The summed E-state index contributed by atoms with van der Waals surface area (Å²) in [7, 11) is -3.44. The number of nitrogens with one attached hydrogen (secondary N) is 1. The van der Waals surface area contributed by atoms with E-state index in [0.29, 0.717) is 12.8 Å². The van der Waals surface area contributed by atoms with Gasteiger partial charge in [-0.15, -0.1) is 12.4 Å². The van der Waals surface area contributed by atoms with E-state index in [0.717, 1.165) is 12.8 Å². The monoisotopic (exact) mass is 356 g/mol. The predicted molar refractivity (Wildman–Crippen MR) is 90.6 cm³/mol. The molecule has 6 nitrogen and oxygen atoms in total. The summed E-state index contributed by atoms with van der Waals surface area (Å²) >= 11 is 0. The summed E-state index contributed by atoms with van der Waals surface area (Å²) in [6.45, 7) is 7.13. The first kappa shape index (κ1) is 23.6. The highest BCUT2D eigenvalue weighted by Crippen LogP contribution is 2.16. The molecule has 1 atom stereocenters. The highest BCUT2D eigenvalue weighted by Gasteiger charge is 2.29. The van der Waals surface area contributed by atoms with E-state index in [-0.39, 0.29) is 18.3 Å². The summed E-state index contributed by atoms with van der Waals surface area (Å²) in [4.78, 5) is 23.2. The highest BCUT2D eigenvalue weighted by atomic mass is 35.5. The van der Waals surface area contributed by atoms with E-state index in [1.165, 1.54) is 0 Å². The predicted octanol–water partition coefficient (Wildman–Crippen LogP) is 1.42. The molecule has 0 aromatic heterocycles. The molecule has 0 saturated carbocycles. The van der Waals surface area contributed by atoms with E-state index in [2.05, 4.69) is 5.32 Å². The first-order valence-electron chi connectivity index (χ1n) is 7.47. The Balaban J connectivity index is 0. The van der Waals surface area contributed by atoms with Gasteiger partial charge in [0.15, 0.2) is 9.84 Å². The zero-order chi connectivity index (χ0) is 16.6. The van der Waals surface area contributed by atoms with Crippen molar-refractivity contribution < 1.29 is 18.0 Å². The summed E-state index contributed by atoms with van der Waals surface area (Å²) < 4.78 is 24.6. The lowest BCUT2D eigenvalue weighted by molar-refractivity contribution is -0.132. The molecule has 0 rings (SSSR count). The zero-order valence-electron chi connectivity index (χ0n) is 13.8. The molecule has 0 heterocycles. The van der Waals surface area contributed by atoms with Gasteiger partial charge in [-0.3, -0.25) is 14.9 Å². The Hall–Kier alpha value is -0.660. The maximum absolute atomic E-state index is 12.3. The lowest BCUT2D eigenvalue weighted by Gasteiger charge is -2.19. The summed E-state index contributed by atoms with van der Waals surface area (Å²) in [5, 5.41) is 1.67. The fourth-order valence-corrected chi connectivity index (χ4v) is 4.08. The Morgan fingerprint density at radius 1 is 1.05 bits per heavy atom. The highest BCUT2D eigenvalue weighted by molar-refractivity contribution is 7.92. The van der Waals surface area contributed by atoms with Gasteiger partial charge in [-0.25, -0.2) is 8.42 Å². The molecule has 0 saturated heterocycles. The van der Waals surface area contributed by atoms with Crippen LogP contribution in [0.2, 0.25) is 0 Å². The Morgan fingerprint density at radius 3 is 1.86 bits per heavy atom. The van der Waals surface area contributed by atoms with Gasteiger partial charge in [0.1, 0.15) is 0 Å². The van der Waals surface area contributed by atoms with Crippen LogP contribution in [0.4, 0.5) is 0 Å². The van der Waals surface area contributed by atoms with Gasteiger partial charge in [-0.05, 0) is 12.8 Å². The van der Waals surface area contributed by atoms with E-state index < -0.39 is 38.7 Å². The first-order chi connectivity index (χ1) is 9.65. The van der Waals surface area contributed by atoms with E-state index in [1.807, 2.05) is 13.8 Å². The van der Waals surface area contributed by atoms with Crippen LogP contribution in [-0.4, -0.2) is 37.3 Å². The summed E-state index contributed by atoms with van der Waals surface area (Å²) in [6, 6.07) is -1.21. The van der Waals surface area contributed by atoms with E-state index in [4.69, 9.17) is 5.73 Å². The van der Waals surface area contributed by atoms with Crippen LogP contribution >= 0.6 is 12.4 Å². The fourth-order valence-electron chi connectivity index (χ4n) is 1.97. The molecule has 2 amide bonds. The van der Waals surface area contributed by atoms with Gasteiger partial charge in [0.25, 0.3) is 0 Å². The van der Waals surface area contributed by atoms with Crippen molar-refractivity contribution in [2.45, 2.75) is 64.7 Å². The lowest BCUT2D eigenvalue weighted by atomic mass is 10.2. The van der Waals surface area contributed by atoms with Crippen LogP contribution in [0, 0.1) is 5.92 Å². The van der Waals surface area contributed by atoms with Crippen LogP contribution in [0.25, 0.3) is 0 Å². The molecule has 3 N–H and O–H groups in total. The molecule has 0 aromatic rings. The average molecular weight is 357 g/mol. The number of carbonyl (C=O) groups excluding carboxylic acids is 2. The smallest absolute Gasteiger partial charge is 0.244 e. The third-order valence-corrected chi connectivity index (χ3v) is 5.56. The van der Waals surface area contributed by atoms with Crippen LogP contribution in [0.3, 0.4) is 0 Å². The summed E-state index contributed by atoms with van der Waals surface area (Å²) in [5.41, 5.74) is 5.64. The van der Waals surface area contributed by atoms with Gasteiger partial charge in [-0.1, -0.05) is 40.5 Å². The maximum atomic E-state index is 12.3. The van der Waals surface area contributed by atoms with Crippen molar-refractivity contribution in [3.63, 3.8) is 0 Å². The van der Waals surface area contributed by atoms with Crippen molar-refractivity contribution in [1.29, 1.82) is 0 Å². The van der Waals surface area contributed by atoms with Gasteiger partial charge in [0.2, 0.25) is 11.8 Å². The van der Waals surface area contributed by atoms with Crippen LogP contribution in [0.5, 0.6) is 0 Å². The number of hydrogen-bond acceptors (Lipinski definition) is 5. The van der Waals surface area contributed by atoms with Crippen molar-refractivity contribution in [2.24, 2.45) is 11.7 Å². The average Bonchev–Trinajstić information content (AvgIpc) is 2.37. The second-order valence-corrected chi connectivity index (χ2v) is 7.97. The van der Waals surface area contributed by atoms with Crippen molar-refractivity contribution >= 4 is 34.1 Å². The Morgan fingerprint density at radius 2 is 1.50 bits per heavy atom. The molecule has 0 radical (unpaired) electrons. The number of sulfone groups is 1. The number of carbonyl (C=O) groups is 2. The van der Waals surface area contributed by atoms with Gasteiger partial charge >= 0.3 is 0 Å². The molecular weight excluding hydrogens is 328 g/mol. The normalized spacial score (nSPS) is 12.9. The van der Waals surface area contributed by atoms with E-state index in [9.17, 15) is 18.0 Å². The third kappa shape index (κ3) is 8.10.